The van der Waals surface area contributed by atoms with E-state index in [1.54, 1.807) is 48.6 Å². The van der Waals surface area contributed by atoms with E-state index < -0.39 is 11.9 Å². The Balaban J connectivity index is 1.98. The van der Waals surface area contributed by atoms with E-state index in [0.717, 1.165) is 4.90 Å². The maximum Gasteiger partial charge on any atom is 0.333 e. The van der Waals surface area contributed by atoms with Gasteiger partial charge in [0.2, 0.25) is 0 Å². The predicted octanol–water partition coefficient (Wildman–Crippen LogP) is 3.23. The third-order valence-corrected chi connectivity index (χ3v) is 3.96. The van der Waals surface area contributed by atoms with Crippen molar-refractivity contribution in [3.05, 3.63) is 71.9 Å². The number of phenols is 1. The number of carbonyl (C=O) groups is 2. The summed E-state index contributed by atoms with van der Waals surface area (Å²) in [6, 6.07) is 11.5. The zero-order valence-electron chi connectivity index (χ0n) is 14.2. The van der Waals surface area contributed by atoms with Crippen molar-refractivity contribution < 1.29 is 19.4 Å². The van der Waals surface area contributed by atoms with Crippen LogP contribution in [0.2, 0.25) is 0 Å². The topological polar surface area (TPSA) is 78.9 Å². The fourth-order valence-electron chi connectivity index (χ4n) is 2.75. The average molecular weight is 350 g/mol. The highest BCUT2D eigenvalue weighted by molar-refractivity contribution is 6.28. The first-order valence-corrected chi connectivity index (χ1v) is 7.98. The molecule has 132 valence electrons. The summed E-state index contributed by atoms with van der Waals surface area (Å²) in [5.41, 5.74) is 1.88. The molecule has 2 N–H and O–H groups in total. The monoisotopic (exact) mass is 350 g/mol. The number of allylic oxidation sites excluding steroid dienone is 1. The first-order chi connectivity index (χ1) is 12.5. The summed E-state index contributed by atoms with van der Waals surface area (Å²) >= 11 is 0. The lowest BCUT2D eigenvalue weighted by atomic mass is 10.0. The molecule has 1 heterocycles. The summed E-state index contributed by atoms with van der Waals surface area (Å²) in [5.74, 6) is -0.131. The van der Waals surface area contributed by atoms with Crippen molar-refractivity contribution in [2.75, 3.05) is 12.0 Å². The third-order valence-electron chi connectivity index (χ3n) is 3.96. The molecule has 0 unspecified atom stereocenters. The molecule has 0 saturated carbocycles. The van der Waals surface area contributed by atoms with E-state index >= 15 is 0 Å². The van der Waals surface area contributed by atoms with Gasteiger partial charge in [-0.1, -0.05) is 24.3 Å². The van der Waals surface area contributed by atoms with Crippen LogP contribution < -0.4 is 15.0 Å². The Morgan fingerprint density at radius 2 is 1.96 bits per heavy atom. The number of aromatic hydroxyl groups is 1. The molecule has 0 bridgehead atoms. The molecule has 6 heteroatoms. The van der Waals surface area contributed by atoms with Crippen molar-refractivity contribution in [1.82, 2.24) is 5.32 Å². The highest BCUT2D eigenvalue weighted by Gasteiger charge is 2.34. The van der Waals surface area contributed by atoms with E-state index in [4.69, 9.17) is 4.74 Å². The van der Waals surface area contributed by atoms with Gasteiger partial charge in [0.25, 0.3) is 5.91 Å². The van der Waals surface area contributed by atoms with E-state index in [-0.39, 0.29) is 17.2 Å². The summed E-state index contributed by atoms with van der Waals surface area (Å²) in [4.78, 5) is 25.9. The van der Waals surface area contributed by atoms with Gasteiger partial charge in [0.1, 0.15) is 5.70 Å². The van der Waals surface area contributed by atoms with E-state index in [1.165, 1.54) is 7.11 Å². The van der Waals surface area contributed by atoms with Gasteiger partial charge >= 0.3 is 6.03 Å². The van der Waals surface area contributed by atoms with Crippen LogP contribution in [0, 0.1) is 0 Å². The second-order valence-corrected chi connectivity index (χ2v) is 5.69. The molecule has 2 aromatic rings. The van der Waals surface area contributed by atoms with Crippen LogP contribution in [0.15, 0.2) is 60.8 Å². The number of benzene rings is 2. The van der Waals surface area contributed by atoms with Crippen LogP contribution in [0.25, 0.3) is 6.08 Å². The number of rotatable bonds is 5. The molecule has 1 fully saturated rings. The number of ether oxygens (including phenoxy) is 1. The second-order valence-electron chi connectivity index (χ2n) is 5.69. The molecule has 0 spiro atoms. The Morgan fingerprint density at radius 3 is 2.62 bits per heavy atom. The minimum absolute atomic E-state index is 0.0299. The van der Waals surface area contributed by atoms with Gasteiger partial charge in [-0.2, -0.15) is 0 Å². The Labute approximate surface area is 151 Å². The van der Waals surface area contributed by atoms with Gasteiger partial charge in [-0.05, 0) is 42.3 Å². The van der Waals surface area contributed by atoms with Gasteiger partial charge in [0.15, 0.2) is 11.5 Å². The number of hydrogen-bond acceptors (Lipinski definition) is 4. The van der Waals surface area contributed by atoms with Gasteiger partial charge < -0.3 is 15.2 Å². The summed E-state index contributed by atoms with van der Waals surface area (Å²) in [5, 5.41) is 12.7. The molecule has 0 atom stereocenters. The summed E-state index contributed by atoms with van der Waals surface area (Å²) in [7, 11) is 1.45. The summed E-state index contributed by atoms with van der Waals surface area (Å²) in [6.45, 7) is 3.67. The largest absolute Gasteiger partial charge is 0.504 e. The van der Waals surface area contributed by atoms with Crippen molar-refractivity contribution >= 4 is 23.7 Å². The van der Waals surface area contributed by atoms with E-state index in [0.29, 0.717) is 23.2 Å². The highest BCUT2D eigenvalue weighted by atomic mass is 16.5. The Kier molecular flexibility index (Phi) is 4.75. The Morgan fingerprint density at radius 1 is 1.23 bits per heavy atom. The number of nitrogens with zero attached hydrogens (tertiary/aromatic N) is 1. The fraction of sp³-hybridized carbons (Fsp3) is 0.100. The fourth-order valence-corrected chi connectivity index (χ4v) is 2.75. The molecule has 1 aliphatic rings. The normalized spacial score (nSPS) is 15.3. The number of hydrogen-bond donors (Lipinski definition) is 2. The second kappa shape index (κ2) is 7.14. The SMILES string of the molecule is C=CCc1cc(/C=C2\NC(=O)N(c3ccccc3)C2=O)cc(OC)c1O. The molecular formula is C20H18N2O4. The predicted molar refractivity (Wildman–Crippen MR) is 99.0 cm³/mol. The van der Waals surface area contributed by atoms with Crippen LogP contribution in [0.5, 0.6) is 11.5 Å². The maximum absolute atomic E-state index is 12.6. The van der Waals surface area contributed by atoms with E-state index in [9.17, 15) is 14.7 Å². The lowest BCUT2D eigenvalue weighted by molar-refractivity contribution is -0.113. The maximum atomic E-state index is 12.6. The van der Waals surface area contributed by atoms with Gasteiger partial charge in [-0.25, -0.2) is 9.69 Å². The number of carbonyl (C=O) groups excluding carboxylic acids is 2. The first kappa shape index (κ1) is 17.3. The number of amides is 3. The molecule has 1 saturated heterocycles. The van der Waals surface area contributed by atoms with E-state index in [2.05, 4.69) is 11.9 Å². The van der Waals surface area contributed by atoms with Crippen molar-refractivity contribution in [1.29, 1.82) is 0 Å². The van der Waals surface area contributed by atoms with Crippen LogP contribution >= 0.6 is 0 Å². The van der Waals surface area contributed by atoms with Crippen LogP contribution in [-0.2, 0) is 11.2 Å². The highest BCUT2D eigenvalue weighted by Crippen LogP contribution is 2.33. The van der Waals surface area contributed by atoms with Gasteiger partial charge in [0, 0.05) is 5.56 Å². The number of imide groups is 1. The number of urea groups is 1. The number of nitrogens with one attached hydrogen (secondary N) is 1. The van der Waals surface area contributed by atoms with Gasteiger partial charge in [-0.3, -0.25) is 4.79 Å². The third kappa shape index (κ3) is 3.17. The molecule has 6 nitrogen and oxygen atoms in total. The number of methoxy groups -OCH3 is 1. The minimum Gasteiger partial charge on any atom is -0.504 e. The zero-order chi connectivity index (χ0) is 18.7. The number of anilines is 1. The molecule has 26 heavy (non-hydrogen) atoms. The minimum atomic E-state index is -0.510. The number of phenolic OH excluding ortho intramolecular Hbond substituents is 1. The zero-order valence-corrected chi connectivity index (χ0v) is 14.2. The Bertz CT molecular complexity index is 904. The first-order valence-electron chi connectivity index (χ1n) is 7.98. The lowest BCUT2D eigenvalue weighted by Gasteiger charge is -2.11. The molecular weight excluding hydrogens is 332 g/mol. The summed E-state index contributed by atoms with van der Waals surface area (Å²) in [6.07, 6.45) is 3.65. The van der Waals surface area contributed by atoms with Crippen LogP contribution in [0.1, 0.15) is 11.1 Å². The molecule has 3 amide bonds. The molecule has 0 radical (unpaired) electrons. The molecule has 2 aromatic carbocycles. The van der Waals surface area contributed by atoms with Gasteiger partial charge in [-0.15, -0.1) is 6.58 Å². The molecule has 3 rings (SSSR count). The average Bonchev–Trinajstić information content (AvgIpc) is 2.92. The lowest BCUT2D eigenvalue weighted by Crippen LogP contribution is -2.30. The van der Waals surface area contributed by atoms with Crippen molar-refractivity contribution in [3.63, 3.8) is 0 Å². The van der Waals surface area contributed by atoms with Gasteiger partial charge in [0.05, 0.1) is 12.8 Å². The molecule has 0 aliphatic carbocycles. The van der Waals surface area contributed by atoms with E-state index in [1.807, 2.05) is 6.07 Å². The van der Waals surface area contributed by atoms with Crippen molar-refractivity contribution in [2.24, 2.45) is 0 Å². The van der Waals surface area contributed by atoms with Crippen molar-refractivity contribution in [2.45, 2.75) is 6.42 Å². The molecule has 0 aromatic heterocycles. The molecule has 1 aliphatic heterocycles. The van der Waals surface area contributed by atoms with Crippen LogP contribution in [0.4, 0.5) is 10.5 Å². The Hall–Kier alpha value is -3.54. The number of para-hydroxylation sites is 1. The quantitative estimate of drug-likeness (QED) is 0.493. The van der Waals surface area contributed by atoms with Crippen LogP contribution in [-0.4, -0.2) is 24.2 Å². The standard InChI is InChI=1S/C20H18N2O4/c1-3-7-14-10-13(12-17(26-2)18(14)23)11-16-19(24)22(20(25)21-16)15-8-5-4-6-9-15/h3-6,8-12,23H,1,7H2,2H3,(H,21,25)/b16-11-. The summed E-state index contributed by atoms with van der Waals surface area (Å²) < 4.78 is 5.18. The van der Waals surface area contributed by atoms with Crippen LogP contribution in [0.3, 0.4) is 0 Å². The van der Waals surface area contributed by atoms with Crippen molar-refractivity contribution in [3.8, 4) is 11.5 Å². The smallest absolute Gasteiger partial charge is 0.333 e.